The normalized spacial score (nSPS) is 10.2. The molecule has 1 aromatic rings. The molecule has 0 amide bonds. The van der Waals surface area contributed by atoms with E-state index in [4.69, 9.17) is 4.74 Å². The van der Waals surface area contributed by atoms with Crippen LogP contribution in [0.15, 0.2) is 18.2 Å². The van der Waals surface area contributed by atoms with Crippen LogP contribution in [0.1, 0.15) is 25.0 Å². The SMILES string of the molecule is CCNCc1ccc(OC)cc1CC. The van der Waals surface area contributed by atoms with Crippen molar-refractivity contribution in [3.05, 3.63) is 29.3 Å². The van der Waals surface area contributed by atoms with E-state index < -0.39 is 0 Å². The molecule has 0 aliphatic carbocycles. The Kier molecular flexibility index (Phi) is 4.47. The van der Waals surface area contributed by atoms with Crippen molar-refractivity contribution in [3.8, 4) is 5.75 Å². The van der Waals surface area contributed by atoms with Crippen LogP contribution in [0.4, 0.5) is 0 Å². The Morgan fingerprint density at radius 2 is 2.00 bits per heavy atom. The second kappa shape index (κ2) is 5.66. The van der Waals surface area contributed by atoms with E-state index in [0.717, 1.165) is 25.3 Å². The van der Waals surface area contributed by atoms with Crippen LogP contribution < -0.4 is 10.1 Å². The molecule has 0 atom stereocenters. The Morgan fingerprint density at radius 3 is 2.57 bits per heavy atom. The lowest BCUT2D eigenvalue weighted by molar-refractivity contribution is 0.414. The maximum absolute atomic E-state index is 5.20. The van der Waals surface area contributed by atoms with E-state index in [1.807, 2.05) is 6.07 Å². The summed E-state index contributed by atoms with van der Waals surface area (Å²) in [5, 5.41) is 3.34. The second-order valence-electron chi connectivity index (χ2n) is 3.27. The summed E-state index contributed by atoms with van der Waals surface area (Å²) < 4.78 is 5.20. The van der Waals surface area contributed by atoms with Gasteiger partial charge in [0.1, 0.15) is 5.75 Å². The van der Waals surface area contributed by atoms with E-state index in [2.05, 4.69) is 31.3 Å². The molecule has 0 aliphatic rings. The Labute approximate surface area is 86.3 Å². The predicted molar refractivity (Wildman–Crippen MR) is 59.8 cm³/mol. The second-order valence-corrected chi connectivity index (χ2v) is 3.27. The maximum atomic E-state index is 5.20. The topological polar surface area (TPSA) is 21.3 Å². The first-order valence-corrected chi connectivity index (χ1v) is 5.18. The first kappa shape index (κ1) is 11.1. The summed E-state index contributed by atoms with van der Waals surface area (Å²) in [6.45, 7) is 6.25. The molecule has 2 heteroatoms. The lowest BCUT2D eigenvalue weighted by Gasteiger charge is -2.10. The van der Waals surface area contributed by atoms with Crippen molar-refractivity contribution < 1.29 is 4.74 Å². The minimum Gasteiger partial charge on any atom is -0.497 e. The highest BCUT2D eigenvalue weighted by Gasteiger charge is 2.01. The van der Waals surface area contributed by atoms with Crippen molar-refractivity contribution in [2.45, 2.75) is 26.8 Å². The number of benzene rings is 1. The molecule has 0 fully saturated rings. The maximum Gasteiger partial charge on any atom is 0.119 e. The Hall–Kier alpha value is -1.02. The van der Waals surface area contributed by atoms with Gasteiger partial charge >= 0.3 is 0 Å². The monoisotopic (exact) mass is 193 g/mol. The summed E-state index contributed by atoms with van der Waals surface area (Å²) in [5.41, 5.74) is 2.74. The summed E-state index contributed by atoms with van der Waals surface area (Å²) >= 11 is 0. The molecule has 0 unspecified atom stereocenters. The highest BCUT2D eigenvalue weighted by molar-refractivity contribution is 5.35. The third-order valence-corrected chi connectivity index (χ3v) is 2.36. The number of aryl methyl sites for hydroxylation is 1. The van der Waals surface area contributed by atoms with E-state index in [1.165, 1.54) is 11.1 Å². The van der Waals surface area contributed by atoms with Gasteiger partial charge in [0.2, 0.25) is 0 Å². The first-order valence-electron chi connectivity index (χ1n) is 5.18. The molecule has 1 N–H and O–H groups in total. The van der Waals surface area contributed by atoms with Crippen LogP contribution in [0.25, 0.3) is 0 Å². The number of hydrogen-bond donors (Lipinski definition) is 1. The van der Waals surface area contributed by atoms with Crippen molar-refractivity contribution in [1.82, 2.24) is 5.32 Å². The standard InChI is InChI=1S/C12H19NO/c1-4-10-8-12(14-3)7-6-11(10)9-13-5-2/h6-8,13H,4-5,9H2,1-3H3. The van der Waals surface area contributed by atoms with Crippen molar-refractivity contribution >= 4 is 0 Å². The minimum absolute atomic E-state index is 0.946. The zero-order valence-electron chi connectivity index (χ0n) is 9.26. The van der Waals surface area contributed by atoms with Crippen LogP contribution in [-0.2, 0) is 13.0 Å². The van der Waals surface area contributed by atoms with E-state index >= 15 is 0 Å². The van der Waals surface area contributed by atoms with Gasteiger partial charge in [0, 0.05) is 6.54 Å². The predicted octanol–water partition coefficient (Wildman–Crippen LogP) is 2.37. The highest BCUT2D eigenvalue weighted by Crippen LogP contribution is 2.18. The molecule has 0 spiro atoms. The number of hydrogen-bond acceptors (Lipinski definition) is 2. The molecule has 0 aliphatic heterocycles. The molecule has 2 nitrogen and oxygen atoms in total. The third-order valence-electron chi connectivity index (χ3n) is 2.36. The smallest absolute Gasteiger partial charge is 0.119 e. The summed E-state index contributed by atoms with van der Waals surface area (Å²) in [5.74, 6) is 0.946. The Balaban J connectivity index is 2.82. The van der Waals surface area contributed by atoms with Gasteiger partial charge in [-0.25, -0.2) is 0 Å². The van der Waals surface area contributed by atoms with Gasteiger partial charge in [0.25, 0.3) is 0 Å². The van der Waals surface area contributed by atoms with Crippen LogP contribution in [0, 0.1) is 0 Å². The van der Waals surface area contributed by atoms with E-state index in [-0.39, 0.29) is 0 Å². The van der Waals surface area contributed by atoms with Gasteiger partial charge < -0.3 is 10.1 Å². The van der Waals surface area contributed by atoms with E-state index in [0.29, 0.717) is 0 Å². The lowest BCUT2D eigenvalue weighted by Crippen LogP contribution is -2.13. The molecule has 1 aromatic carbocycles. The fourth-order valence-corrected chi connectivity index (χ4v) is 1.49. The van der Waals surface area contributed by atoms with Gasteiger partial charge in [-0.15, -0.1) is 0 Å². The fourth-order valence-electron chi connectivity index (χ4n) is 1.49. The fraction of sp³-hybridized carbons (Fsp3) is 0.500. The molecule has 0 radical (unpaired) electrons. The highest BCUT2D eigenvalue weighted by atomic mass is 16.5. The molecule has 0 heterocycles. The van der Waals surface area contributed by atoms with Gasteiger partial charge in [-0.3, -0.25) is 0 Å². The molecule has 1 rings (SSSR count). The number of methoxy groups -OCH3 is 1. The molecule has 0 saturated carbocycles. The van der Waals surface area contributed by atoms with Crippen LogP contribution in [0.3, 0.4) is 0 Å². The third kappa shape index (κ3) is 2.74. The number of nitrogens with one attached hydrogen (secondary N) is 1. The average molecular weight is 193 g/mol. The van der Waals surface area contributed by atoms with Crippen molar-refractivity contribution in [2.24, 2.45) is 0 Å². The van der Waals surface area contributed by atoms with Crippen molar-refractivity contribution in [2.75, 3.05) is 13.7 Å². The molecule has 78 valence electrons. The van der Waals surface area contributed by atoms with Crippen LogP contribution in [-0.4, -0.2) is 13.7 Å². The first-order chi connectivity index (χ1) is 6.81. The van der Waals surface area contributed by atoms with Crippen LogP contribution in [0.5, 0.6) is 5.75 Å². The zero-order chi connectivity index (χ0) is 10.4. The lowest BCUT2D eigenvalue weighted by atomic mass is 10.0. The van der Waals surface area contributed by atoms with Crippen molar-refractivity contribution in [1.29, 1.82) is 0 Å². The van der Waals surface area contributed by atoms with E-state index in [9.17, 15) is 0 Å². The van der Waals surface area contributed by atoms with Gasteiger partial charge in [-0.1, -0.05) is 19.9 Å². The summed E-state index contributed by atoms with van der Waals surface area (Å²) in [4.78, 5) is 0. The molecular formula is C12H19NO. The van der Waals surface area contributed by atoms with Gasteiger partial charge in [0.05, 0.1) is 7.11 Å². The Morgan fingerprint density at radius 1 is 1.21 bits per heavy atom. The van der Waals surface area contributed by atoms with Gasteiger partial charge in [-0.05, 0) is 36.2 Å². The summed E-state index contributed by atoms with van der Waals surface area (Å²) in [6, 6.07) is 6.28. The molecule has 0 aromatic heterocycles. The Bertz CT molecular complexity index is 284. The zero-order valence-corrected chi connectivity index (χ0v) is 9.26. The van der Waals surface area contributed by atoms with Crippen LogP contribution in [0.2, 0.25) is 0 Å². The summed E-state index contributed by atoms with van der Waals surface area (Å²) in [7, 11) is 1.71. The minimum atomic E-state index is 0.946. The molecular weight excluding hydrogens is 174 g/mol. The van der Waals surface area contributed by atoms with Gasteiger partial charge in [0.15, 0.2) is 0 Å². The largest absolute Gasteiger partial charge is 0.497 e. The van der Waals surface area contributed by atoms with E-state index in [1.54, 1.807) is 7.11 Å². The number of rotatable bonds is 5. The molecule has 0 bridgehead atoms. The number of ether oxygens (including phenoxy) is 1. The molecule has 0 saturated heterocycles. The van der Waals surface area contributed by atoms with Gasteiger partial charge in [-0.2, -0.15) is 0 Å². The van der Waals surface area contributed by atoms with Crippen molar-refractivity contribution in [3.63, 3.8) is 0 Å². The van der Waals surface area contributed by atoms with Crippen LogP contribution >= 0.6 is 0 Å². The quantitative estimate of drug-likeness (QED) is 0.775. The summed E-state index contributed by atoms with van der Waals surface area (Å²) in [6.07, 6.45) is 1.05. The molecule has 14 heavy (non-hydrogen) atoms. The average Bonchev–Trinajstić information content (AvgIpc) is 2.26.